The first-order chi connectivity index (χ1) is 12.3. The van der Waals surface area contributed by atoms with E-state index in [2.05, 4.69) is 0 Å². The predicted molar refractivity (Wildman–Crippen MR) is 98.9 cm³/mol. The molecule has 0 N–H and O–H groups in total. The number of hydrogen-bond donors (Lipinski definition) is 0. The first-order valence-corrected chi connectivity index (χ1v) is 13.1. The normalized spacial score (nSPS) is 27.4. The van der Waals surface area contributed by atoms with Gasteiger partial charge in [-0.05, 0) is 30.7 Å². The second kappa shape index (κ2) is 6.54. The molecule has 2 fully saturated rings. The van der Waals surface area contributed by atoms with Gasteiger partial charge in [-0.3, -0.25) is 4.79 Å². The Kier molecular flexibility index (Phi) is 4.90. The van der Waals surface area contributed by atoms with Crippen LogP contribution in [0.3, 0.4) is 0 Å². The lowest BCUT2D eigenvalue weighted by Crippen LogP contribution is -2.37. The summed E-state index contributed by atoms with van der Waals surface area (Å²) in [5, 5.41) is 0. The zero-order valence-corrected chi connectivity index (χ0v) is 17.2. The van der Waals surface area contributed by atoms with Gasteiger partial charge in [-0.15, -0.1) is 0 Å². The number of sulfone groups is 1. The van der Waals surface area contributed by atoms with Crippen LogP contribution in [0.1, 0.15) is 13.3 Å². The number of anilines is 1. The SMILES string of the molecule is CC1CS(=O)(=O)N(c2ccc(S(=O)(=O)N(C)C3CCS(=O)(=O)C3)cc2)C1=O. The van der Waals surface area contributed by atoms with Crippen LogP contribution in [-0.2, 0) is 34.7 Å². The summed E-state index contributed by atoms with van der Waals surface area (Å²) in [6.07, 6.45) is 0.231. The van der Waals surface area contributed by atoms with Crippen molar-refractivity contribution in [2.24, 2.45) is 5.92 Å². The van der Waals surface area contributed by atoms with Gasteiger partial charge in [0.15, 0.2) is 9.84 Å². The first kappa shape index (κ1) is 20.2. The molecule has 3 rings (SSSR count). The van der Waals surface area contributed by atoms with E-state index in [4.69, 9.17) is 0 Å². The zero-order valence-electron chi connectivity index (χ0n) is 14.8. The van der Waals surface area contributed by atoms with Crippen LogP contribution in [-0.4, -0.2) is 65.8 Å². The highest BCUT2D eigenvalue weighted by molar-refractivity contribution is 7.94. The number of amides is 1. The quantitative estimate of drug-likeness (QED) is 0.640. The van der Waals surface area contributed by atoms with Crippen LogP contribution in [0.5, 0.6) is 0 Å². The fourth-order valence-electron chi connectivity index (χ4n) is 3.27. The van der Waals surface area contributed by atoms with E-state index < -0.39 is 47.8 Å². The number of carbonyl (C=O) groups excluding carboxylic acids is 1. The van der Waals surface area contributed by atoms with E-state index in [-0.39, 0.29) is 34.3 Å². The molecule has 2 heterocycles. The zero-order chi connectivity index (χ0) is 20.2. The van der Waals surface area contributed by atoms with E-state index in [1.807, 2.05) is 0 Å². The van der Waals surface area contributed by atoms with Crippen molar-refractivity contribution in [1.29, 1.82) is 0 Å². The number of rotatable bonds is 4. The molecule has 2 aliphatic heterocycles. The van der Waals surface area contributed by atoms with E-state index >= 15 is 0 Å². The molecule has 1 amide bonds. The van der Waals surface area contributed by atoms with Gasteiger partial charge in [0.2, 0.25) is 26.0 Å². The molecule has 2 aliphatic rings. The van der Waals surface area contributed by atoms with Gasteiger partial charge < -0.3 is 0 Å². The summed E-state index contributed by atoms with van der Waals surface area (Å²) >= 11 is 0. The molecule has 2 atom stereocenters. The molecule has 9 nitrogen and oxygen atoms in total. The molecular weight excluding hydrogens is 416 g/mol. The van der Waals surface area contributed by atoms with E-state index in [1.165, 1.54) is 38.2 Å². The minimum absolute atomic E-state index is 0.0520. The Morgan fingerprint density at radius 1 is 1.07 bits per heavy atom. The summed E-state index contributed by atoms with van der Waals surface area (Å²) < 4.78 is 74.7. The van der Waals surface area contributed by atoms with Crippen molar-refractivity contribution >= 4 is 41.5 Å². The molecule has 0 aromatic heterocycles. The van der Waals surface area contributed by atoms with Crippen LogP contribution >= 0.6 is 0 Å². The topological polar surface area (TPSA) is 126 Å². The Labute approximate surface area is 159 Å². The average molecular weight is 437 g/mol. The maximum Gasteiger partial charge on any atom is 0.244 e. The summed E-state index contributed by atoms with van der Waals surface area (Å²) in [5.74, 6) is -1.78. The van der Waals surface area contributed by atoms with Gasteiger partial charge in [-0.1, -0.05) is 6.92 Å². The highest BCUT2D eigenvalue weighted by Crippen LogP contribution is 2.30. The molecule has 1 aromatic rings. The van der Waals surface area contributed by atoms with E-state index in [9.17, 15) is 30.0 Å². The third-order valence-corrected chi connectivity index (χ3v) is 10.4. The van der Waals surface area contributed by atoms with E-state index in [0.29, 0.717) is 4.31 Å². The second-order valence-electron chi connectivity index (χ2n) is 6.85. The van der Waals surface area contributed by atoms with Crippen molar-refractivity contribution in [1.82, 2.24) is 4.31 Å². The Morgan fingerprint density at radius 2 is 1.67 bits per heavy atom. The molecule has 0 bridgehead atoms. The minimum Gasteiger partial charge on any atom is -0.273 e. The standard InChI is InChI=1S/C15H20N2O7S3/c1-11-9-26(21,22)17(15(11)18)12-3-5-14(6-4-12)27(23,24)16(2)13-7-8-25(19,20)10-13/h3-6,11,13H,7-10H2,1-2H3. The smallest absolute Gasteiger partial charge is 0.244 e. The van der Waals surface area contributed by atoms with Gasteiger partial charge in [0, 0.05) is 13.1 Å². The van der Waals surface area contributed by atoms with Crippen LogP contribution in [0.2, 0.25) is 0 Å². The molecule has 0 aliphatic carbocycles. The summed E-state index contributed by atoms with van der Waals surface area (Å²) in [6, 6.07) is 4.33. The van der Waals surface area contributed by atoms with Crippen LogP contribution < -0.4 is 4.31 Å². The van der Waals surface area contributed by atoms with Crippen LogP contribution in [0, 0.1) is 5.92 Å². The largest absolute Gasteiger partial charge is 0.273 e. The van der Waals surface area contributed by atoms with Crippen LogP contribution in [0.15, 0.2) is 29.2 Å². The van der Waals surface area contributed by atoms with Crippen LogP contribution in [0.25, 0.3) is 0 Å². The van der Waals surface area contributed by atoms with Crippen molar-refractivity contribution in [2.75, 3.05) is 28.6 Å². The number of nitrogens with zero attached hydrogens (tertiary/aromatic N) is 2. The number of carbonyl (C=O) groups is 1. The number of benzene rings is 1. The minimum atomic E-state index is -3.95. The van der Waals surface area contributed by atoms with E-state index in [1.54, 1.807) is 0 Å². The lowest BCUT2D eigenvalue weighted by Gasteiger charge is -2.23. The third kappa shape index (κ3) is 3.62. The molecule has 0 radical (unpaired) electrons. The predicted octanol–water partition coefficient (Wildman–Crippen LogP) is -0.193. The van der Waals surface area contributed by atoms with Gasteiger partial charge in [-0.2, -0.15) is 4.31 Å². The van der Waals surface area contributed by atoms with Crippen molar-refractivity contribution in [2.45, 2.75) is 24.3 Å². The summed E-state index contributed by atoms with van der Waals surface area (Å²) in [4.78, 5) is 12.0. The van der Waals surface area contributed by atoms with Gasteiger partial charge in [-0.25, -0.2) is 29.6 Å². The molecule has 0 saturated carbocycles. The molecule has 150 valence electrons. The lowest BCUT2D eigenvalue weighted by atomic mass is 10.2. The molecule has 2 saturated heterocycles. The molecule has 12 heteroatoms. The summed E-state index contributed by atoms with van der Waals surface area (Å²) in [7, 11) is -9.64. The fraction of sp³-hybridized carbons (Fsp3) is 0.533. The molecule has 2 unspecified atom stereocenters. The van der Waals surface area contributed by atoms with Crippen LogP contribution in [0.4, 0.5) is 5.69 Å². The summed E-state index contributed by atoms with van der Waals surface area (Å²) in [5.41, 5.74) is 0.0781. The van der Waals surface area contributed by atoms with Crippen molar-refractivity contribution in [3.63, 3.8) is 0 Å². The highest BCUT2D eigenvalue weighted by Gasteiger charge is 2.42. The molecular formula is C15H20N2O7S3. The summed E-state index contributed by atoms with van der Waals surface area (Å²) in [6.45, 7) is 1.52. The Balaban J connectivity index is 1.88. The van der Waals surface area contributed by atoms with Gasteiger partial charge >= 0.3 is 0 Å². The van der Waals surface area contributed by atoms with Crippen molar-refractivity contribution in [3.05, 3.63) is 24.3 Å². The third-order valence-electron chi connectivity index (χ3n) is 4.83. The first-order valence-electron chi connectivity index (χ1n) is 8.20. The molecule has 1 aromatic carbocycles. The lowest BCUT2D eigenvalue weighted by molar-refractivity contribution is -0.119. The van der Waals surface area contributed by atoms with Gasteiger partial charge in [0.25, 0.3) is 0 Å². The highest BCUT2D eigenvalue weighted by atomic mass is 32.2. The van der Waals surface area contributed by atoms with Crippen molar-refractivity contribution in [3.8, 4) is 0 Å². The Morgan fingerprint density at radius 3 is 2.11 bits per heavy atom. The fourth-order valence-corrected chi connectivity index (χ4v) is 8.34. The maximum absolute atomic E-state index is 12.7. The molecule has 27 heavy (non-hydrogen) atoms. The van der Waals surface area contributed by atoms with E-state index in [0.717, 1.165) is 4.31 Å². The maximum atomic E-state index is 12.7. The van der Waals surface area contributed by atoms with Crippen molar-refractivity contribution < 1.29 is 30.0 Å². The van der Waals surface area contributed by atoms with Gasteiger partial charge in [0.05, 0.1) is 33.8 Å². The number of hydrogen-bond acceptors (Lipinski definition) is 7. The molecule has 0 spiro atoms. The van der Waals surface area contributed by atoms with Gasteiger partial charge in [0.1, 0.15) is 0 Å². The monoisotopic (exact) mass is 436 g/mol. The average Bonchev–Trinajstić information content (AvgIpc) is 3.02. The number of sulfonamides is 2. The Hall–Kier alpha value is -1.50. The Bertz CT molecular complexity index is 1080. The second-order valence-corrected chi connectivity index (χ2v) is 12.9.